The highest BCUT2D eigenvalue weighted by Gasteiger charge is 2.17. The second kappa shape index (κ2) is 8.72. The Bertz CT molecular complexity index is 668. The van der Waals surface area contributed by atoms with Crippen LogP contribution in [0, 0.1) is 0 Å². The van der Waals surface area contributed by atoms with Crippen LogP contribution in [0.1, 0.15) is 18.9 Å². The molecule has 0 bridgehead atoms. The number of methoxy groups -OCH3 is 1. The van der Waals surface area contributed by atoms with E-state index >= 15 is 0 Å². The maximum absolute atomic E-state index is 12.1. The number of rotatable bonds is 7. The van der Waals surface area contributed by atoms with Gasteiger partial charge in [-0.25, -0.2) is 0 Å². The molecule has 0 heterocycles. The topological polar surface area (TPSA) is 64.6 Å². The zero-order valence-corrected chi connectivity index (χ0v) is 13.8. The third kappa shape index (κ3) is 5.43. The quantitative estimate of drug-likeness (QED) is 0.793. The van der Waals surface area contributed by atoms with Gasteiger partial charge in [-0.15, -0.1) is 0 Å². The fourth-order valence-corrected chi connectivity index (χ4v) is 2.12. The number of esters is 1. The van der Waals surface area contributed by atoms with Gasteiger partial charge in [0.2, 0.25) is 0 Å². The summed E-state index contributed by atoms with van der Waals surface area (Å²) in [4.78, 5) is 23.9. The number of anilines is 1. The average Bonchev–Trinajstić information content (AvgIpc) is 2.61. The molecule has 0 aliphatic carbocycles. The summed E-state index contributed by atoms with van der Waals surface area (Å²) >= 11 is 0. The normalized spacial score (nSPS) is 11.4. The lowest BCUT2D eigenvalue weighted by Crippen LogP contribution is -2.30. The predicted molar refractivity (Wildman–Crippen MR) is 91.9 cm³/mol. The van der Waals surface area contributed by atoms with Gasteiger partial charge in [0, 0.05) is 12.1 Å². The van der Waals surface area contributed by atoms with Crippen LogP contribution in [0.15, 0.2) is 54.6 Å². The number of carbonyl (C=O) groups is 2. The van der Waals surface area contributed by atoms with Crippen molar-refractivity contribution >= 4 is 17.6 Å². The second-order valence-corrected chi connectivity index (χ2v) is 5.34. The van der Waals surface area contributed by atoms with Crippen LogP contribution in [0.4, 0.5) is 5.69 Å². The predicted octanol–water partition coefficient (Wildman–Crippen LogP) is 3.20. The van der Waals surface area contributed by atoms with E-state index in [0.717, 1.165) is 5.56 Å². The van der Waals surface area contributed by atoms with Crippen LogP contribution in [-0.2, 0) is 20.7 Å². The summed E-state index contributed by atoms with van der Waals surface area (Å²) in [5.41, 5.74) is 1.68. The van der Waals surface area contributed by atoms with Crippen LogP contribution in [0.2, 0.25) is 0 Å². The van der Waals surface area contributed by atoms with Crippen molar-refractivity contribution in [1.29, 1.82) is 0 Å². The third-order valence-corrected chi connectivity index (χ3v) is 3.50. The summed E-state index contributed by atoms with van der Waals surface area (Å²) in [5, 5.41) is 2.70. The third-order valence-electron chi connectivity index (χ3n) is 3.50. The summed E-state index contributed by atoms with van der Waals surface area (Å²) in [7, 11) is 1.57. The van der Waals surface area contributed by atoms with E-state index in [1.54, 1.807) is 38.3 Å². The molecule has 1 N–H and O–H groups in total. The zero-order chi connectivity index (χ0) is 17.4. The molecule has 0 spiro atoms. The molecule has 2 rings (SSSR count). The van der Waals surface area contributed by atoms with E-state index in [1.165, 1.54) is 0 Å². The minimum atomic E-state index is -0.852. The highest BCUT2D eigenvalue weighted by molar-refractivity contribution is 5.95. The molecule has 2 aromatic carbocycles. The zero-order valence-electron chi connectivity index (χ0n) is 13.8. The minimum absolute atomic E-state index is 0.240. The molecule has 0 saturated heterocycles. The molecule has 0 aliphatic heterocycles. The smallest absolute Gasteiger partial charge is 0.306 e. The monoisotopic (exact) mass is 327 g/mol. The van der Waals surface area contributed by atoms with Gasteiger partial charge >= 0.3 is 5.97 Å². The molecule has 126 valence electrons. The molecule has 5 nitrogen and oxygen atoms in total. The van der Waals surface area contributed by atoms with Crippen molar-refractivity contribution in [3.8, 4) is 5.75 Å². The standard InChI is InChI=1S/C19H21NO4/c1-14(19(22)20-16-9-11-17(23-2)12-10-16)24-18(21)13-8-15-6-4-3-5-7-15/h3-7,9-12,14H,8,13H2,1-2H3,(H,20,22). The van der Waals surface area contributed by atoms with Gasteiger partial charge in [-0.3, -0.25) is 9.59 Å². The van der Waals surface area contributed by atoms with Crippen LogP contribution < -0.4 is 10.1 Å². The Morgan fingerprint density at radius 3 is 2.33 bits per heavy atom. The largest absolute Gasteiger partial charge is 0.497 e. The molecule has 5 heteroatoms. The number of carbonyl (C=O) groups excluding carboxylic acids is 2. The minimum Gasteiger partial charge on any atom is -0.497 e. The molecule has 2 aromatic rings. The second-order valence-electron chi connectivity index (χ2n) is 5.34. The number of nitrogens with one attached hydrogen (secondary N) is 1. The number of aryl methyl sites for hydroxylation is 1. The lowest BCUT2D eigenvalue weighted by Gasteiger charge is -2.13. The lowest BCUT2D eigenvalue weighted by molar-refractivity contribution is -0.153. The fourth-order valence-electron chi connectivity index (χ4n) is 2.12. The lowest BCUT2D eigenvalue weighted by atomic mass is 10.1. The molecule has 0 aromatic heterocycles. The molecule has 24 heavy (non-hydrogen) atoms. The summed E-state index contributed by atoms with van der Waals surface area (Å²) < 4.78 is 10.2. The molecule has 1 unspecified atom stereocenters. The molecule has 0 aliphatic rings. The van der Waals surface area contributed by atoms with E-state index in [0.29, 0.717) is 17.9 Å². The molecule has 0 radical (unpaired) electrons. The first kappa shape index (κ1) is 17.5. The Morgan fingerprint density at radius 1 is 1.04 bits per heavy atom. The molecule has 0 saturated carbocycles. The van der Waals surface area contributed by atoms with Gasteiger partial charge < -0.3 is 14.8 Å². The Labute approximate surface area is 141 Å². The van der Waals surface area contributed by atoms with Crippen molar-refractivity contribution in [2.24, 2.45) is 0 Å². The summed E-state index contributed by atoms with van der Waals surface area (Å²) in [5.74, 6) is -0.0575. The number of benzene rings is 2. The summed E-state index contributed by atoms with van der Waals surface area (Å²) in [6, 6.07) is 16.6. The molecular weight excluding hydrogens is 306 g/mol. The molecule has 1 amide bonds. The fraction of sp³-hybridized carbons (Fsp3) is 0.263. The van der Waals surface area contributed by atoms with Crippen molar-refractivity contribution in [2.45, 2.75) is 25.9 Å². The van der Waals surface area contributed by atoms with Crippen molar-refractivity contribution in [3.05, 3.63) is 60.2 Å². The van der Waals surface area contributed by atoms with Gasteiger partial charge in [-0.05, 0) is 43.2 Å². The van der Waals surface area contributed by atoms with Crippen molar-refractivity contribution in [3.63, 3.8) is 0 Å². The number of amides is 1. The first-order chi connectivity index (χ1) is 11.6. The maximum Gasteiger partial charge on any atom is 0.306 e. The molecule has 1 atom stereocenters. The Balaban J connectivity index is 1.78. The average molecular weight is 327 g/mol. The van der Waals surface area contributed by atoms with Crippen molar-refractivity contribution in [1.82, 2.24) is 0 Å². The highest BCUT2D eigenvalue weighted by Crippen LogP contribution is 2.15. The molecule has 0 fully saturated rings. The number of hydrogen-bond donors (Lipinski definition) is 1. The van der Waals surface area contributed by atoms with Crippen LogP contribution in [-0.4, -0.2) is 25.1 Å². The van der Waals surface area contributed by atoms with Gasteiger partial charge in [0.1, 0.15) is 5.75 Å². The number of ether oxygens (including phenoxy) is 2. The van der Waals surface area contributed by atoms with E-state index < -0.39 is 12.1 Å². The van der Waals surface area contributed by atoms with Gasteiger partial charge in [-0.1, -0.05) is 30.3 Å². The first-order valence-electron chi connectivity index (χ1n) is 7.77. The Kier molecular flexibility index (Phi) is 6.37. The van der Waals surface area contributed by atoms with E-state index in [-0.39, 0.29) is 12.3 Å². The van der Waals surface area contributed by atoms with Crippen LogP contribution in [0.3, 0.4) is 0 Å². The van der Waals surface area contributed by atoms with E-state index in [4.69, 9.17) is 9.47 Å². The van der Waals surface area contributed by atoms with E-state index in [1.807, 2.05) is 30.3 Å². The van der Waals surface area contributed by atoms with Gasteiger partial charge in [0.05, 0.1) is 7.11 Å². The SMILES string of the molecule is COc1ccc(NC(=O)C(C)OC(=O)CCc2ccccc2)cc1. The van der Waals surface area contributed by atoms with Crippen LogP contribution >= 0.6 is 0 Å². The van der Waals surface area contributed by atoms with Gasteiger partial charge in [0.25, 0.3) is 5.91 Å². The van der Waals surface area contributed by atoms with Crippen LogP contribution in [0.5, 0.6) is 5.75 Å². The summed E-state index contributed by atoms with van der Waals surface area (Å²) in [6.45, 7) is 1.55. The molecular formula is C19H21NO4. The van der Waals surface area contributed by atoms with Gasteiger partial charge in [-0.2, -0.15) is 0 Å². The first-order valence-corrected chi connectivity index (χ1v) is 7.77. The highest BCUT2D eigenvalue weighted by atomic mass is 16.5. The maximum atomic E-state index is 12.1. The van der Waals surface area contributed by atoms with Crippen LogP contribution in [0.25, 0.3) is 0 Å². The summed E-state index contributed by atoms with van der Waals surface area (Å²) in [6.07, 6.45) is -0.0215. The Hall–Kier alpha value is -2.82. The van der Waals surface area contributed by atoms with Gasteiger partial charge in [0.15, 0.2) is 6.10 Å². The Morgan fingerprint density at radius 2 is 1.71 bits per heavy atom. The van der Waals surface area contributed by atoms with Crippen molar-refractivity contribution < 1.29 is 19.1 Å². The van der Waals surface area contributed by atoms with E-state index in [9.17, 15) is 9.59 Å². The van der Waals surface area contributed by atoms with Crippen molar-refractivity contribution in [2.75, 3.05) is 12.4 Å². The number of hydrogen-bond acceptors (Lipinski definition) is 4. The van der Waals surface area contributed by atoms with E-state index in [2.05, 4.69) is 5.32 Å².